The molecule has 3 nitrogen and oxygen atoms in total. The van der Waals surface area contributed by atoms with Gasteiger partial charge in [-0.05, 0) is 62.9 Å². The van der Waals surface area contributed by atoms with Gasteiger partial charge in [0.05, 0.1) is 0 Å². The highest BCUT2D eigenvalue weighted by Gasteiger charge is 2.35. The summed E-state index contributed by atoms with van der Waals surface area (Å²) in [6.45, 7) is 12.7. The highest BCUT2D eigenvalue weighted by atomic mass is 16.5. The van der Waals surface area contributed by atoms with Crippen molar-refractivity contribution in [2.24, 2.45) is 17.3 Å². The zero-order valence-corrected chi connectivity index (χ0v) is 14.7. The Labute approximate surface area is 131 Å². The molecule has 0 aromatic heterocycles. The zero-order chi connectivity index (χ0) is 15.3. The number of ether oxygens (including phenoxy) is 1. The molecule has 2 atom stereocenters. The van der Waals surface area contributed by atoms with Gasteiger partial charge in [0.25, 0.3) is 0 Å². The monoisotopic (exact) mass is 296 g/mol. The summed E-state index contributed by atoms with van der Waals surface area (Å²) in [5, 5.41) is 3.73. The van der Waals surface area contributed by atoms with Crippen LogP contribution in [0.2, 0.25) is 0 Å². The van der Waals surface area contributed by atoms with Gasteiger partial charge in [0, 0.05) is 32.3 Å². The van der Waals surface area contributed by atoms with Crippen molar-refractivity contribution in [1.82, 2.24) is 10.2 Å². The second-order valence-electron chi connectivity index (χ2n) is 8.11. The van der Waals surface area contributed by atoms with Crippen LogP contribution in [0.1, 0.15) is 52.9 Å². The van der Waals surface area contributed by atoms with Crippen LogP contribution < -0.4 is 5.32 Å². The number of hydrogen-bond acceptors (Lipinski definition) is 3. The summed E-state index contributed by atoms with van der Waals surface area (Å²) in [6.07, 6.45) is 6.57. The van der Waals surface area contributed by atoms with Crippen LogP contribution in [0.4, 0.5) is 0 Å². The number of nitrogens with zero attached hydrogens (tertiary/aromatic N) is 1. The lowest BCUT2D eigenvalue weighted by molar-refractivity contribution is 0.0479. The summed E-state index contributed by atoms with van der Waals surface area (Å²) < 4.78 is 5.48. The SMILES string of the molecule is CCNC1CCC(C)(C)CC1CN(C)CC1CCOCC1. The molecule has 1 saturated heterocycles. The largest absolute Gasteiger partial charge is 0.381 e. The van der Waals surface area contributed by atoms with Crippen molar-refractivity contribution in [1.29, 1.82) is 0 Å². The van der Waals surface area contributed by atoms with Gasteiger partial charge in [-0.2, -0.15) is 0 Å². The van der Waals surface area contributed by atoms with E-state index in [2.05, 4.69) is 38.0 Å². The summed E-state index contributed by atoms with van der Waals surface area (Å²) in [5.41, 5.74) is 0.524. The van der Waals surface area contributed by atoms with Gasteiger partial charge in [-0.25, -0.2) is 0 Å². The molecule has 3 heteroatoms. The average molecular weight is 296 g/mol. The maximum absolute atomic E-state index is 5.48. The molecule has 1 aliphatic carbocycles. The molecular formula is C18H36N2O. The predicted octanol–water partition coefficient (Wildman–Crippen LogP) is 3.15. The van der Waals surface area contributed by atoms with E-state index in [9.17, 15) is 0 Å². The maximum atomic E-state index is 5.48. The molecule has 1 heterocycles. The Morgan fingerprint density at radius 2 is 1.86 bits per heavy atom. The van der Waals surface area contributed by atoms with Gasteiger partial charge in [-0.15, -0.1) is 0 Å². The van der Waals surface area contributed by atoms with Crippen LogP contribution in [0.3, 0.4) is 0 Å². The quantitative estimate of drug-likeness (QED) is 0.815. The van der Waals surface area contributed by atoms with Crippen LogP contribution in [-0.2, 0) is 4.74 Å². The van der Waals surface area contributed by atoms with E-state index in [1.54, 1.807) is 0 Å². The molecule has 21 heavy (non-hydrogen) atoms. The normalized spacial score (nSPS) is 30.7. The summed E-state index contributed by atoms with van der Waals surface area (Å²) in [6, 6.07) is 0.722. The molecule has 2 aliphatic rings. The van der Waals surface area contributed by atoms with Gasteiger partial charge >= 0.3 is 0 Å². The Kier molecular flexibility index (Phi) is 6.51. The molecule has 0 amide bonds. The Balaban J connectivity index is 1.84. The first-order chi connectivity index (χ1) is 10.00. The third kappa shape index (κ3) is 5.54. The minimum Gasteiger partial charge on any atom is -0.381 e. The Hall–Kier alpha value is -0.120. The molecule has 0 bridgehead atoms. The fraction of sp³-hybridized carbons (Fsp3) is 1.00. The van der Waals surface area contributed by atoms with E-state index in [0.29, 0.717) is 5.41 Å². The minimum atomic E-state index is 0.524. The fourth-order valence-corrected chi connectivity index (χ4v) is 4.30. The molecule has 2 fully saturated rings. The van der Waals surface area contributed by atoms with Crippen molar-refractivity contribution in [3.8, 4) is 0 Å². The fourth-order valence-electron chi connectivity index (χ4n) is 4.30. The van der Waals surface area contributed by atoms with Crippen LogP contribution in [0.25, 0.3) is 0 Å². The van der Waals surface area contributed by atoms with Gasteiger partial charge in [0.15, 0.2) is 0 Å². The van der Waals surface area contributed by atoms with Crippen LogP contribution in [-0.4, -0.2) is 50.8 Å². The van der Waals surface area contributed by atoms with Crippen LogP contribution >= 0.6 is 0 Å². The standard InChI is InChI=1S/C18H36N2O/c1-5-19-17-6-9-18(2,3)12-16(17)14-20(4)13-15-7-10-21-11-8-15/h15-17,19H,5-14H2,1-4H3. The molecule has 1 aliphatic heterocycles. The van der Waals surface area contributed by atoms with Gasteiger partial charge in [-0.3, -0.25) is 0 Å². The van der Waals surface area contributed by atoms with E-state index in [-0.39, 0.29) is 0 Å². The summed E-state index contributed by atoms with van der Waals surface area (Å²) >= 11 is 0. The van der Waals surface area contributed by atoms with Crippen molar-refractivity contribution >= 4 is 0 Å². The molecular weight excluding hydrogens is 260 g/mol. The third-order valence-electron chi connectivity index (χ3n) is 5.44. The highest BCUT2D eigenvalue weighted by molar-refractivity contribution is 4.90. The second kappa shape index (κ2) is 7.94. The molecule has 1 saturated carbocycles. The van der Waals surface area contributed by atoms with Crippen molar-refractivity contribution in [2.75, 3.05) is 39.9 Å². The lowest BCUT2D eigenvalue weighted by atomic mass is 9.69. The topological polar surface area (TPSA) is 24.5 Å². The molecule has 0 aromatic carbocycles. The summed E-state index contributed by atoms with van der Waals surface area (Å²) in [5.74, 6) is 1.65. The first-order valence-electron chi connectivity index (χ1n) is 9.00. The first kappa shape index (κ1) is 17.2. The molecule has 0 radical (unpaired) electrons. The highest BCUT2D eigenvalue weighted by Crippen LogP contribution is 2.39. The molecule has 1 N–H and O–H groups in total. The van der Waals surface area contributed by atoms with Crippen LogP contribution in [0, 0.1) is 17.3 Å². The summed E-state index contributed by atoms with van der Waals surface area (Å²) in [4.78, 5) is 2.59. The van der Waals surface area contributed by atoms with Crippen molar-refractivity contribution in [2.45, 2.75) is 58.9 Å². The van der Waals surface area contributed by atoms with Crippen LogP contribution in [0.5, 0.6) is 0 Å². The Morgan fingerprint density at radius 3 is 2.52 bits per heavy atom. The van der Waals surface area contributed by atoms with Crippen molar-refractivity contribution in [3.05, 3.63) is 0 Å². The first-order valence-corrected chi connectivity index (χ1v) is 9.00. The smallest absolute Gasteiger partial charge is 0.0469 e. The van der Waals surface area contributed by atoms with E-state index in [4.69, 9.17) is 4.74 Å². The van der Waals surface area contributed by atoms with E-state index >= 15 is 0 Å². The number of nitrogens with one attached hydrogen (secondary N) is 1. The van der Waals surface area contributed by atoms with E-state index in [0.717, 1.165) is 37.6 Å². The van der Waals surface area contributed by atoms with Gasteiger partial charge in [-0.1, -0.05) is 20.8 Å². The lowest BCUT2D eigenvalue weighted by Gasteiger charge is -2.43. The molecule has 2 rings (SSSR count). The van der Waals surface area contributed by atoms with E-state index in [1.165, 1.54) is 45.2 Å². The second-order valence-corrected chi connectivity index (χ2v) is 8.11. The van der Waals surface area contributed by atoms with Gasteiger partial charge in [0.1, 0.15) is 0 Å². The predicted molar refractivity (Wildman–Crippen MR) is 89.6 cm³/mol. The molecule has 124 valence electrons. The Morgan fingerprint density at radius 1 is 1.14 bits per heavy atom. The van der Waals surface area contributed by atoms with Crippen molar-refractivity contribution in [3.63, 3.8) is 0 Å². The molecule has 0 aromatic rings. The third-order valence-corrected chi connectivity index (χ3v) is 5.44. The number of hydrogen-bond donors (Lipinski definition) is 1. The lowest BCUT2D eigenvalue weighted by Crippen LogP contribution is -2.47. The molecule has 2 unspecified atom stereocenters. The van der Waals surface area contributed by atoms with Gasteiger partial charge in [0.2, 0.25) is 0 Å². The zero-order valence-electron chi connectivity index (χ0n) is 14.7. The van der Waals surface area contributed by atoms with Crippen LogP contribution in [0.15, 0.2) is 0 Å². The maximum Gasteiger partial charge on any atom is 0.0469 e. The minimum absolute atomic E-state index is 0.524. The van der Waals surface area contributed by atoms with E-state index < -0.39 is 0 Å². The molecule has 0 spiro atoms. The number of rotatable bonds is 6. The van der Waals surface area contributed by atoms with Crippen molar-refractivity contribution < 1.29 is 4.74 Å². The summed E-state index contributed by atoms with van der Waals surface area (Å²) in [7, 11) is 2.32. The average Bonchev–Trinajstić information content (AvgIpc) is 2.42. The van der Waals surface area contributed by atoms with Gasteiger partial charge < -0.3 is 15.0 Å². The Bertz CT molecular complexity index is 300. The van der Waals surface area contributed by atoms with E-state index in [1.807, 2.05) is 0 Å².